The third-order valence-corrected chi connectivity index (χ3v) is 7.95. The quantitative estimate of drug-likeness (QED) is 0.299. The topological polar surface area (TPSA) is 108 Å². The molecule has 2 aliphatic rings. The van der Waals surface area contributed by atoms with Crippen LogP contribution in [0.25, 0.3) is 27.8 Å². The fourth-order valence-electron chi connectivity index (χ4n) is 6.06. The van der Waals surface area contributed by atoms with Crippen LogP contribution in [0.3, 0.4) is 0 Å². The van der Waals surface area contributed by atoms with Crippen LogP contribution in [0.15, 0.2) is 72.3 Å². The van der Waals surface area contributed by atoms with Crippen molar-refractivity contribution >= 4 is 22.2 Å². The van der Waals surface area contributed by atoms with Crippen LogP contribution < -0.4 is 14.2 Å². The van der Waals surface area contributed by atoms with E-state index in [0.29, 0.717) is 69.5 Å². The number of ether oxygens (including phenoxy) is 3. The van der Waals surface area contributed by atoms with Crippen molar-refractivity contribution in [3.05, 3.63) is 83.4 Å². The zero-order chi connectivity index (χ0) is 28.5. The van der Waals surface area contributed by atoms with E-state index < -0.39 is 5.92 Å². The minimum absolute atomic E-state index is 0.0237. The van der Waals surface area contributed by atoms with Gasteiger partial charge in [-0.05, 0) is 34.6 Å². The molecule has 1 atom stereocenters. The molecule has 0 unspecified atom stereocenters. The summed E-state index contributed by atoms with van der Waals surface area (Å²) in [6.07, 6.45) is 2.55. The maximum absolute atomic E-state index is 13.8. The Balaban J connectivity index is 1.47. The first-order valence-corrected chi connectivity index (χ1v) is 13.4. The number of aromatic nitrogens is 4. The number of nitrogens with zero attached hydrogens (tertiary/aromatic N) is 4. The average molecular weight is 549 g/mol. The van der Waals surface area contributed by atoms with Crippen molar-refractivity contribution in [2.75, 3.05) is 14.2 Å². The van der Waals surface area contributed by atoms with Crippen molar-refractivity contribution < 1.29 is 24.1 Å². The third kappa shape index (κ3) is 3.91. The normalized spacial score (nSPS) is 17.8. The van der Waals surface area contributed by atoms with Crippen LogP contribution in [-0.2, 0) is 4.79 Å². The molecule has 206 valence electrons. The van der Waals surface area contributed by atoms with Gasteiger partial charge in [-0.25, -0.2) is 14.5 Å². The second-order valence-corrected chi connectivity index (χ2v) is 11.3. The van der Waals surface area contributed by atoms with E-state index in [2.05, 4.69) is 23.9 Å². The lowest BCUT2D eigenvalue weighted by Gasteiger charge is -2.37. The number of phenolic OH excluding ortho intramolecular Hbond substituents is 1. The van der Waals surface area contributed by atoms with Gasteiger partial charge in [0.2, 0.25) is 5.88 Å². The Morgan fingerprint density at radius 1 is 1.02 bits per heavy atom. The van der Waals surface area contributed by atoms with Crippen molar-refractivity contribution in [3.8, 4) is 34.5 Å². The predicted molar refractivity (Wildman–Crippen MR) is 152 cm³/mol. The molecule has 1 aliphatic heterocycles. The van der Waals surface area contributed by atoms with Gasteiger partial charge in [0.05, 0.1) is 31.3 Å². The molecule has 1 aliphatic carbocycles. The molecule has 0 fully saturated rings. The number of hydrogen-bond donors (Lipinski definition) is 1. The van der Waals surface area contributed by atoms with Gasteiger partial charge in [0.25, 0.3) is 0 Å². The number of fused-ring (bicyclic) bond motifs is 4. The zero-order valence-electron chi connectivity index (χ0n) is 23.1. The summed E-state index contributed by atoms with van der Waals surface area (Å²) in [5, 5.41) is 17.4. The van der Waals surface area contributed by atoms with E-state index in [4.69, 9.17) is 19.2 Å². The summed E-state index contributed by atoms with van der Waals surface area (Å²) in [4.78, 5) is 23.3. The summed E-state index contributed by atoms with van der Waals surface area (Å²) in [6.45, 7) is 4.13. The number of carbonyl (C=O) groups is 1. The Kier molecular flexibility index (Phi) is 5.54. The minimum atomic E-state index is -0.518. The molecular formula is C32H28N4O5. The van der Waals surface area contributed by atoms with E-state index >= 15 is 0 Å². The smallest absolute Gasteiger partial charge is 0.228 e. The zero-order valence-corrected chi connectivity index (χ0v) is 23.1. The van der Waals surface area contributed by atoms with Crippen LogP contribution in [0.5, 0.6) is 23.1 Å². The SMILES string of the molecule is COc1ccc([C@H]2C3=C(CC(C)(C)CC3=O)Oc3ncn4nc(-c5ccc6ccccc6c5O)nc4c32)cc1OC. The average Bonchev–Trinajstić information content (AvgIpc) is 3.39. The van der Waals surface area contributed by atoms with Gasteiger partial charge >= 0.3 is 0 Å². The standard InChI is InChI=1S/C32H28N4O5/c1-32(2)14-21(37)26-24(15-32)41-31-27(25(26)18-10-12-22(39-3)23(13-18)40-4)30-34-29(35-36(30)16-33-31)20-11-9-17-7-5-6-8-19(17)28(20)38/h5-13,16,25,38H,14-15H2,1-4H3/t25-/m0/s1. The van der Waals surface area contributed by atoms with Crippen LogP contribution in [0.4, 0.5) is 0 Å². The molecule has 0 amide bonds. The number of methoxy groups -OCH3 is 2. The van der Waals surface area contributed by atoms with Gasteiger partial charge < -0.3 is 19.3 Å². The molecule has 2 aromatic heterocycles. The molecule has 0 bridgehead atoms. The number of benzene rings is 3. The Bertz CT molecular complexity index is 1920. The highest BCUT2D eigenvalue weighted by molar-refractivity contribution is 6.00. The van der Waals surface area contributed by atoms with Crippen LogP contribution in [0.2, 0.25) is 0 Å². The molecule has 3 aromatic carbocycles. The van der Waals surface area contributed by atoms with E-state index in [0.717, 1.165) is 10.9 Å². The number of phenols is 1. The van der Waals surface area contributed by atoms with Crippen molar-refractivity contribution in [2.24, 2.45) is 5.41 Å². The number of allylic oxidation sites excluding steroid dienone is 2. The molecule has 0 radical (unpaired) electrons. The number of rotatable bonds is 4. The monoisotopic (exact) mass is 548 g/mol. The summed E-state index contributed by atoms with van der Waals surface area (Å²) in [6, 6.07) is 17.0. The number of hydrogen-bond acceptors (Lipinski definition) is 8. The van der Waals surface area contributed by atoms with Gasteiger partial charge in [-0.3, -0.25) is 4.79 Å². The molecular weight excluding hydrogens is 520 g/mol. The predicted octanol–water partition coefficient (Wildman–Crippen LogP) is 5.83. The van der Waals surface area contributed by atoms with E-state index in [1.165, 1.54) is 0 Å². The van der Waals surface area contributed by atoms with E-state index in [-0.39, 0.29) is 16.9 Å². The van der Waals surface area contributed by atoms with Crippen molar-refractivity contribution in [1.29, 1.82) is 0 Å². The highest BCUT2D eigenvalue weighted by Gasteiger charge is 2.44. The minimum Gasteiger partial charge on any atom is -0.507 e. The van der Waals surface area contributed by atoms with E-state index in [1.54, 1.807) is 25.1 Å². The van der Waals surface area contributed by atoms with Gasteiger partial charge in [-0.15, -0.1) is 5.10 Å². The Labute approximate surface area is 236 Å². The number of aromatic hydroxyl groups is 1. The van der Waals surface area contributed by atoms with Gasteiger partial charge in [0.15, 0.2) is 28.8 Å². The molecule has 9 heteroatoms. The maximum atomic E-state index is 13.8. The fourth-order valence-corrected chi connectivity index (χ4v) is 6.06. The third-order valence-electron chi connectivity index (χ3n) is 7.95. The van der Waals surface area contributed by atoms with Crippen molar-refractivity contribution in [1.82, 2.24) is 19.6 Å². The van der Waals surface area contributed by atoms with Crippen molar-refractivity contribution in [3.63, 3.8) is 0 Å². The van der Waals surface area contributed by atoms with E-state index in [9.17, 15) is 9.90 Å². The summed E-state index contributed by atoms with van der Waals surface area (Å²) < 4.78 is 19.0. The summed E-state index contributed by atoms with van der Waals surface area (Å²) in [5.41, 5.74) is 2.79. The molecule has 41 heavy (non-hydrogen) atoms. The maximum Gasteiger partial charge on any atom is 0.228 e. The van der Waals surface area contributed by atoms with Crippen LogP contribution in [0, 0.1) is 5.41 Å². The number of ketones is 1. The molecule has 9 nitrogen and oxygen atoms in total. The molecule has 3 heterocycles. The first kappa shape index (κ1) is 25.1. The number of Topliss-reactive ketones (excluding diaryl/α,β-unsaturated/α-hetero) is 1. The summed E-state index contributed by atoms with van der Waals surface area (Å²) in [7, 11) is 3.17. The Hall–Kier alpha value is -4.92. The fraction of sp³-hybridized carbons (Fsp3) is 0.250. The van der Waals surface area contributed by atoms with Crippen molar-refractivity contribution in [2.45, 2.75) is 32.6 Å². The molecule has 5 aromatic rings. The lowest BCUT2D eigenvalue weighted by molar-refractivity contribution is -0.118. The van der Waals surface area contributed by atoms with Gasteiger partial charge in [-0.1, -0.05) is 50.2 Å². The van der Waals surface area contributed by atoms with Crippen LogP contribution in [-0.4, -0.2) is 44.7 Å². The number of carbonyl (C=O) groups excluding carboxylic acids is 1. The molecule has 0 saturated carbocycles. The molecule has 1 N–H and O–H groups in total. The molecule has 0 spiro atoms. The van der Waals surface area contributed by atoms with Gasteiger partial charge in [0.1, 0.15) is 17.8 Å². The van der Waals surface area contributed by atoms with Gasteiger partial charge in [0, 0.05) is 23.8 Å². The lowest BCUT2D eigenvalue weighted by Crippen LogP contribution is -2.33. The second kappa shape index (κ2) is 9.05. The lowest BCUT2D eigenvalue weighted by atomic mass is 9.70. The summed E-state index contributed by atoms with van der Waals surface area (Å²) in [5.74, 6) is 2.08. The highest BCUT2D eigenvalue weighted by Crippen LogP contribution is 2.51. The second-order valence-electron chi connectivity index (χ2n) is 11.3. The highest BCUT2D eigenvalue weighted by atomic mass is 16.5. The van der Waals surface area contributed by atoms with Crippen LogP contribution >= 0.6 is 0 Å². The Morgan fingerprint density at radius 2 is 1.83 bits per heavy atom. The van der Waals surface area contributed by atoms with Gasteiger partial charge in [-0.2, -0.15) is 0 Å². The van der Waals surface area contributed by atoms with E-state index in [1.807, 2.05) is 54.6 Å². The molecule has 0 saturated heterocycles. The first-order valence-electron chi connectivity index (χ1n) is 13.4. The first-order chi connectivity index (χ1) is 19.8. The molecule has 7 rings (SSSR count). The largest absolute Gasteiger partial charge is 0.507 e. The Morgan fingerprint density at radius 3 is 2.63 bits per heavy atom. The summed E-state index contributed by atoms with van der Waals surface area (Å²) >= 11 is 0. The van der Waals surface area contributed by atoms with Crippen LogP contribution in [0.1, 0.15) is 43.7 Å².